The summed E-state index contributed by atoms with van der Waals surface area (Å²) >= 11 is 7.39. The van der Waals surface area contributed by atoms with Crippen molar-refractivity contribution in [3.8, 4) is 5.75 Å². The Bertz CT molecular complexity index is 883. The Balaban J connectivity index is 1.75. The van der Waals surface area contributed by atoms with Crippen LogP contribution >= 0.6 is 23.4 Å². The van der Waals surface area contributed by atoms with Crippen molar-refractivity contribution in [2.75, 3.05) is 20.2 Å². The summed E-state index contributed by atoms with van der Waals surface area (Å²) in [6.07, 6.45) is 0. The summed E-state index contributed by atoms with van der Waals surface area (Å²) in [7, 11) is -2.08. The summed E-state index contributed by atoms with van der Waals surface area (Å²) in [6, 6.07) is 13.9. The van der Waals surface area contributed by atoms with Crippen molar-refractivity contribution in [3.05, 3.63) is 59.1 Å². The first-order valence-electron chi connectivity index (χ1n) is 7.59. The van der Waals surface area contributed by atoms with Crippen LogP contribution < -0.4 is 4.74 Å². The molecule has 25 heavy (non-hydrogen) atoms. The molecular weight excluding hydrogens is 380 g/mol. The molecule has 0 unspecified atom stereocenters. The molecule has 0 amide bonds. The Morgan fingerprint density at radius 3 is 2.68 bits per heavy atom. The van der Waals surface area contributed by atoms with Gasteiger partial charge in [-0.05, 0) is 42.0 Å². The number of benzene rings is 2. The minimum Gasteiger partial charge on any atom is -0.497 e. The highest BCUT2D eigenvalue weighted by Gasteiger charge is 2.30. The Morgan fingerprint density at radius 2 is 2.00 bits per heavy atom. The number of hydrogen-bond donors (Lipinski definition) is 0. The SMILES string of the molecule is COc1ccc(S(=O)(=O)N2CCN=C2SCc2cccc(Cl)c2)cc1. The van der Waals surface area contributed by atoms with Gasteiger partial charge in [0.1, 0.15) is 5.75 Å². The molecule has 132 valence electrons. The zero-order valence-corrected chi connectivity index (χ0v) is 15.9. The van der Waals surface area contributed by atoms with E-state index in [-0.39, 0.29) is 4.90 Å². The molecule has 0 aliphatic carbocycles. The first-order valence-corrected chi connectivity index (χ1v) is 10.4. The second-order valence-corrected chi connectivity index (χ2v) is 8.58. The summed E-state index contributed by atoms with van der Waals surface area (Å²) in [5.41, 5.74) is 1.02. The Labute approximate surface area is 156 Å². The van der Waals surface area contributed by atoms with E-state index < -0.39 is 10.0 Å². The number of ether oxygens (including phenoxy) is 1. The predicted octanol–water partition coefficient (Wildman–Crippen LogP) is 3.64. The summed E-state index contributed by atoms with van der Waals surface area (Å²) in [4.78, 5) is 4.58. The molecule has 0 radical (unpaired) electrons. The van der Waals surface area contributed by atoms with Crippen molar-refractivity contribution < 1.29 is 13.2 Å². The van der Waals surface area contributed by atoms with Crippen LogP contribution in [0.2, 0.25) is 5.02 Å². The van der Waals surface area contributed by atoms with Crippen LogP contribution in [0.4, 0.5) is 0 Å². The molecule has 1 aliphatic rings. The van der Waals surface area contributed by atoms with E-state index in [1.807, 2.05) is 24.3 Å². The van der Waals surface area contributed by atoms with E-state index >= 15 is 0 Å². The van der Waals surface area contributed by atoms with E-state index in [0.29, 0.717) is 34.8 Å². The molecule has 3 rings (SSSR count). The highest BCUT2D eigenvalue weighted by atomic mass is 35.5. The summed E-state index contributed by atoms with van der Waals surface area (Å²) in [5, 5.41) is 1.17. The summed E-state index contributed by atoms with van der Waals surface area (Å²) < 4.78 is 32.2. The lowest BCUT2D eigenvalue weighted by atomic mass is 10.2. The second kappa shape index (κ2) is 7.68. The van der Waals surface area contributed by atoms with Gasteiger partial charge in [0.25, 0.3) is 10.0 Å². The molecule has 0 spiro atoms. The average Bonchev–Trinajstić information content (AvgIpc) is 3.09. The summed E-state index contributed by atoms with van der Waals surface area (Å²) in [5.74, 6) is 1.22. The van der Waals surface area contributed by atoms with Gasteiger partial charge in [0, 0.05) is 10.8 Å². The van der Waals surface area contributed by atoms with Crippen LogP contribution in [0.15, 0.2) is 58.4 Å². The van der Waals surface area contributed by atoms with Crippen LogP contribution in [0.3, 0.4) is 0 Å². The maximum absolute atomic E-state index is 12.9. The molecule has 2 aromatic rings. The van der Waals surface area contributed by atoms with Gasteiger partial charge in [0.05, 0.1) is 25.1 Å². The zero-order valence-electron chi connectivity index (χ0n) is 13.6. The molecule has 0 N–H and O–H groups in total. The van der Waals surface area contributed by atoms with Gasteiger partial charge in [-0.1, -0.05) is 35.5 Å². The maximum Gasteiger partial charge on any atom is 0.265 e. The third-order valence-electron chi connectivity index (χ3n) is 3.67. The van der Waals surface area contributed by atoms with E-state index in [9.17, 15) is 8.42 Å². The number of rotatable bonds is 5. The molecule has 0 bridgehead atoms. The smallest absolute Gasteiger partial charge is 0.265 e. The molecule has 8 heteroatoms. The van der Waals surface area contributed by atoms with Crippen LogP contribution in [-0.4, -0.2) is 38.1 Å². The largest absolute Gasteiger partial charge is 0.497 e. The van der Waals surface area contributed by atoms with Crippen LogP contribution in [0.1, 0.15) is 5.56 Å². The van der Waals surface area contributed by atoms with Gasteiger partial charge in [-0.2, -0.15) is 0 Å². The molecule has 5 nitrogen and oxygen atoms in total. The molecule has 2 aromatic carbocycles. The van der Waals surface area contributed by atoms with E-state index in [1.54, 1.807) is 31.4 Å². The highest BCUT2D eigenvalue weighted by Crippen LogP contribution is 2.27. The first kappa shape index (κ1) is 18.1. The fraction of sp³-hybridized carbons (Fsp3) is 0.235. The quantitative estimate of drug-likeness (QED) is 0.774. The van der Waals surface area contributed by atoms with Crippen molar-refractivity contribution in [3.63, 3.8) is 0 Å². The van der Waals surface area contributed by atoms with Crippen molar-refractivity contribution in [1.29, 1.82) is 0 Å². The topological polar surface area (TPSA) is 59.0 Å². The third-order valence-corrected chi connectivity index (χ3v) is 6.91. The van der Waals surface area contributed by atoms with Crippen molar-refractivity contribution >= 4 is 38.6 Å². The molecule has 0 saturated carbocycles. The lowest BCUT2D eigenvalue weighted by molar-refractivity contribution is 0.414. The van der Waals surface area contributed by atoms with E-state index in [1.165, 1.54) is 16.1 Å². The fourth-order valence-corrected chi connectivity index (χ4v) is 5.28. The van der Waals surface area contributed by atoms with Crippen LogP contribution in [0, 0.1) is 0 Å². The Kier molecular flexibility index (Phi) is 5.56. The number of hydrogen-bond acceptors (Lipinski definition) is 5. The van der Waals surface area contributed by atoms with E-state index in [4.69, 9.17) is 16.3 Å². The lowest BCUT2D eigenvalue weighted by Crippen LogP contribution is -2.32. The number of thioether (sulfide) groups is 1. The van der Waals surface area contributed by atoms with E-state index in [2.05, 4.69) is 4.99 Å². The molecule has 1 aliphatic heterocycles. The zero-order chi connectivity index (χ0) is 17.9. The van der Waals surface area contributed by atoms with Crippen LogP contribution in [0.5, 0.6) is 5.75 Å². The van der Waals surface area contributed by atoms with Crippen LogP contribution in [0.25, 0.3) is 0 Å². The molecule has 0 aromatic heterocycles. The van der Waals surface area contributed by atoms with Gasteiger partial charge in [-0.3, -0.25) is 4.99 Å². The highest BCUT2D eigenvalue weighted by molar-refractivity contribution is 8.14. The van der Waals surface area contributed by atoms with Gasteiger partial charge >= 0.3 is 0 Å². The van der Waals surface area contributed by atoms with Crippen molar-refractivity contribution in [1.82, 2.24) is 4.31 Å². The Morgan fingerprint density at radius 1 is 1.24 bits per heavy atom. The molecule has 0 atom stereocenters. The minimum atomic E-state index is -3.63. The number of methoxy groups -OCH3 is 1. The summed E-state index contributed by atoms with van der Waals surface area (Å²) in [6.45, 7) is 0.819. The Hall–Kier alpha value is -1.70. The molecule has 1 heterocycles. The van der Waals surface area contributed by atoms with Gasteiger partial charge < -0.3 is 4.74 Å². The molecule has 0 saturated heterocycles. The fourth-order valence-electron chi connectivity index (χ4n) is 2.40. The van der Waals surface area contributed by atoms with Crippen LogP contribution in [-0.2, 0) is 15.8 Å². The van der Waals surface area contributed by atoms with Gasteiger partial charge in [0.15, 0.2) is 5.17 Å². The number of sulfonamides is 1. The average molecular weight is 397 g/mol. The first-order chi connectivity index (χ1) is 12.0. The standard InChI is InChI=1S/C17H17ClN2O3S2/c1-23-15-5-7-16(8-6-15)25(21,22)20-10-9-19-17(20)24-12-13-3-2-4-14(18)11-13/h2-8,11H,9-10,12H2,1H3. The molecular formula is C17H17ClN2O3S2. The van der Waals surface area contributed by atoms with Gasteiger partial charge in [0.2, 0.25) is 0 Å². The number of nitrogens with zero attached hydrogens (tertiary/aromatic N) is 2. The number of halogens is 1. The van der Waals surface area contributed by atoms with Crippen molar-refractivity contribution in [2.24, 2.45) is 4.99 Å². The van der Waals surface area contributed by atoms with Crippen molar-refractivity contribution in [2.45, 2.75) is 10.6 Å². The minimum absolute atomic E-state index is 0.228. The maximum atomic E-state index is 12.9. The third kappa shape index (κ3) is 4.11. The lowest BCUT2D eigenvalue weighted by Gasteiger charge is -2.20. The number of amidine groups is 1. The normalized spacial score (nSPS) is 14.5. The second-order valence-electron chi connectivity index (χ2n) is 5.34. The monoisotopic (exact) mass is 396 g/mol. The van der Waals surface area contributed by atoms with E-state index in [0.717, 1.165) is 5.56 Å². The number of aliphatic imine (C=N–C) groups is 1. The van der Waals surface area contributed by atoms with Gasteiger partial charge in [-0.15, -0.1) is 0 Å². The predicted molar refractivity (Wildman–Crippen MR) is 102 cm³/mol. The van der Waals surface area contributed by atoms with Gasteiger partial charge in [-0.25, -0.2) is 12.7 Å². The molecule has 0 fully saturated rings.